The zero-order valence-corrected chi connectivity index (χ0v) is 16.6. The monoisotopic (exact) mass is 405 g/mol. The van der Waals surface area contributed by atoms with E-state index in [0.29, 0.717) is 12.1 Å². The Morgan fingerprint density at radius 1 is 1.10 bits per heavy atom. The molecular formula is C22H19N3O3S. The van der Waals surface area contributed by atoms with Gasteiger partial charge >= 0.3 is 0 Å². The van der Waals surface area contributed by atoms with Crippen LogP contribution in [0.5, 0.6) is 5.95 Å². The van der Waals surface area contributed by atoms with Crippen LogP contribution >= 0.6 is 11.8 Å². The summed E-state index contributed by atoms with van der Waals surface area (Å²) in [7, 11) is 0. The molecule has 0 bridgehead atoms. The van der Waals surface area contributed by atoms with Crippen LogP contribution in [0, 0.1) is 0 Å². The van der Waals surface area contributed by atoms with Gasteiger partial charge in [-0.05, 0) is 45.8 Å². The van der Waals surface area contributed by atoms with E-state index in [0.717, 1.165) is 28.2 Å². The van der Waals surface area contributed by atoms with Gasteiger partial charge in [0.25, 0.3) is 5.03 Å². The summed E-state index contributed by atoms with van der Waals surface area (Å²) < 4.78 is 6.28. The minimum Gasteiger partial charge on any atom is -0.538 e. The van der Waals surface area contributed by atoms with Crippen molar-refractivity contribution < 1.29 is 19.1 Å². The van der Waals surface area contributed by atoms with Gasteiger partial charge in [0.1, 0.15) is 0 Å². The Morgan fingerprint density at radius 2 is 1.83 bits per heavy atom. The second kappa shape index (κ2) is 8.36. The van der Waals surface area contributed by atoms with E-state index in [1.54, 1.807) is 0 Å². The van der Waals surface area contributed by atoms with Crippen molar-refractivity contribution in [2.45, 2.75) is 23.6 Å². The Morgan fingerprint density at radius 3 is 2.59 bits per heavy atom. The molecule has 4 rings (SSSR count). The number of amides is 1. The fourth-order valence-electron chi connectivity index (χ4n) is 3.02. The van der Waals surface area contributed by atoms with Crippen molar-refractivity contribution in [3.05, 3.63) is 72.8 Å². The molecule has 1 heterocycles. The van der Waals surface area contributed by atoms with Gasteiger partial charge < -0.3 is 14.9 Å². The lowest BCUT2D eigenvalue weighted by atomic mass is 10.1. The molecule has 4 aromatic rings. The lowest BCUT2D eigenvalue weighted by Crippen LogP contribution is -2.36. The van der Waals surface area contributed by atoms with Crippen molar-refractivity contribution in [2.24, 2.45) is 0 Å². The van der Waals surface area contributed by atoms with Gasteiger partial charge in [-0.3, -0.25) is 4.79 Å². The van der Waals surface area contributed by atoms with E-state index in [1.807, 2.05) is 79.7 Å². The second-order valence-electron chi connectivity index (χ2n) is 6.48. The highest BCUT2D eigenvalue weighted by atomic mass is 32.2. The van der Waals surface area contributed by atoms with Gasteiger partial charge in [0, 0.05) is 17.8 Å². The third-order valence-corrected chi connectivity index (χ3v) is 5.90. The third kappa shape index (κ3) is 4.09. The maximum atomic E-state index is 12.9. The molecular weight excluding hydrogens is 386 g/mol. The fraction of sp³-hybridized carbons (Fsp3) is 0.136. The van der Waals surface area contributed by atoms with Gasteiger partial charge in [0.15, 0.2) is 5.95 Å². The number of carbonyl (C=O) groups excluding carboxylic acids is 1. The summed E-state index contributed by atoms with van der Waals surface area (Å²) in [5, 5.41) is 20.9. The molecule has 0 saturated carbocycles. The topological polar surface area (TPSA) is 82.1 Å². The number of thioether (sulfide) groups is 1. The number of nitrogens with zero attached hydrogens (tertiary/aromatic N) is 2. The fourth-order valence-corrected chi connectivity index (χ4v) is 3.99. The quantitative estimate of drug-likeness (QED) is 0.391. The zero-order chi connectivity index (χ0) is 20.2. The number of hydrogen-bond acceptors (Lipinski definition) is 5. The summed E-state index contributed by atoms with van der Waals surface area (Å²) in [6, 6.07) is 23.0. The molecule has 1 N–H and O–H groups in total. The number of anilines is 1. The molecule has 6 nitrogen and oxygen atoms in total. The maximum Gasteiger partial charge on any atom is 0.298 e. The van der Waals surface area contributed by atoms with Crippen molar-refractivity contribution in [2.75, 3.05) is 5.32 Å². The Kier molecular flexibility index (Phi) is 5.48. The van der Waals surface area contributed by atoms with Gasteiger partial charge in [-0.15, -0.1) is 0 Å². The molecule has 0 fully saturated rings. The van der Waals surface area contributed by atoms with Crippen molar-refractivity contribution >= 4 is 34.1 Å². The Hall–Kier alpha value is -3.32. The first-order valence-electron chi connectivity index (χ1n) is 9.26. The van der Waals surface area contributed by atoms with Crippen LogP contribution in [0.25, 0.3) is 16.5 Å². The molecule has 1 unspecified atom stereocenters. The SMILES string of the molecule is CCC(Sc1c([O-])on[n+]1-c1ccccc1)C(=O)Nc1ccc2ccccc2c1. The van der Waals surface area contributed by atoms with Crippen molar-refractivity contribution in [3.63, 3.8) is 0 Å². The standard InChI is InChI=1S/C22H19N3O3S/c1-2-19(20(26)23-17-13-12-15-8-6-7-9-16(15)14-17)29-21-22(27)28-24-25(21)18-10-4-3-5-11-18/h3-14,19H,2H2,1H3,(H-,23,24,26,27). The molecule has 29 heavy (non-hydrogen) atoms. The normalized spacial score (nSPS) is 12.0. The molecule has 1 aromatic heterocycles. The second-order valence-corrected chi connectivity index (χ2v) is 7.67. The highest BCUT2D eigenvalue weighted by Gasteiger charge is 2.28. The van der Waals surface area contributed by atoms with Crippen LogP contribution in [0.15, 0.2) is 82.3 Å². The molecule has 1 amide bonds. The molecule has 3 aromatic carbocycles. The number of aromatic nitrogens is 2. The van der Waals surface area contributed by atoms with Gasteiger partial charge in [-0.25, -0.2) is 0 Å². The largest absolute Gasteiger partial charge is 0.538 e. The zero-order valence-electron chi connectivity index (χ0n) is 15.7. The van der Waals surface area contributed by atoms with E-state index >= 15 is 0 Å². The number of carbonyl (C=O) groups is 1. The molecule has 1 atom stereocenters. The molecule has 0 radical (unpaired) electrons. The number of nitrogens with one attached hydrogen (secondary N) is 1. The van der Waals surface area contributed by atoms with Crippen LogP contribution in [0.4, 0.5) is 5.69 Å². The van der Waals surface area contributed by atoms with Gasteiger partial charge in [-0.2, -0.15) is 0 Å². The average molecular weight is 405 g/mol. The molecule has 7 heteroatoms. The van der Waals surface area contributed by atoms with E-state index in [2.05, 4.69) is 10.6 Å². The van der Waals surface area contributed by atoms with Crippen LogP contribution in [0.3, 0.4) is 0 Å². The van der Waals surface area contributed by atoms with Gasteiger partial charge in [0.05, 0.1) is 10.5 Å². The molecule has 0 spiro atoms. The summed E-state index contributed by atoms with van der Waals surface area (Å²) >= 11 is 1.16. The minimum atomic E-state index is -0.559. The molecule has 0 aliphatic carbocycles. The van der Waals surface area contributed by atoms with Crippen molar-refractivity contribution in [1.82, 2.24) is 5.27 Å². The van der Waals surface area contributed by atoms with Gasteiger partial charge in [0.2, 0.25) is 11.6 Å². The van der Waals surface area contributed by atoms with Crippen molar-refractivity contribution in [3.8, 4) is 11.6 Å². The number of fused-ring (bicyclic) bond motifs is 1. The van der Waals surface area contributed by atoms with E-state index in [1.165, 1.54) is 4.68 Å². The lowest BCUT2D eigenvalue weighted by Gasteiger charge is -2.13. The number of benzene rings is 3. The molecule has 146 valence electrons. The average Bonchev–Trinajstić information content (AvgIpc) is 3.12. The highest BCUT2D eigenvalue weighted by molar-refractivity contribution is 8.00. The van der Waals surface area contributed by atoms with Crippen LogP contribution in [0.2, 0.25) is 0 Å². The Labute approximate surface area is 172 Å². The summed E-state index contributed by atoms with van der Waals surface area (Å²) in [4.78, 5) is 12.9. The van der Waals surface area contributed by atoms with E-state index in [-0.39, 0.29) is 10.9 Å². The molecule has 0 aliphatic rings. The predicted octanol–water partition coefficient (Wildman–Crippen LogP) is 3.69. The summed E-state index contributed by atoms with van der Waals surface area (Å²) in [5.41, 5.74) is 1.42. The first kappa shape index (κ1) is 19.0. The number of rotatable bonds is 6. The Bertz CT molecular complexity index is 1140. The third-order valence-electron chi connectivity index (χ3n) is 4.51. The summed E-state index contributed by atoms with van der Waals surface area (Å²) in [6.07, 6.45) is 0.545. The predicted molar refractivity (Wildman–Crippen MR) is 110 cm³/mol. The minimum absolute atomic E-state index is 0.173. The number of para-hydroxylation sites is 1. The van der Waals surface area contributed by atoms with Crippen LogP contribution in [0.1, 0.15) is 13.3 Å². The number of hydrogen-bond donors (Lipinski definition) is 1. The lowest BCUT2D eigenvalue weighted by molar-refractivity contribution is -0.705. The highest BCUT2D eigenvalue weighted by Crippen LogP contribution is 2.30. The van der Waals surface area contributed by atoms with E-state index in [4.69, 9.17) is 4.52 Å². The summed E-state index contributed by atoms with van der Waals surface area (Å²) in [5.74, 6) is -0.733. The first-order chi connectivity index (χ1) is 14.2. The Balaban J connectivity index is 1.55. The first-order valence-corrected chi connectivity index (χ1v) is 10.1. The van der Waals surface area contributed by atoms with Crippen LogP contribution < -0.4 is 15.1 Å². The molecule has 0 aliphatic heterocycles. The van der Waals surface area contributed by atoms with E-state index < -0.39 is 11.2 Å². The smallest absolute Gasteiger partial charge is 0.298 e. The van der Waals surface area contributed by atoms with Crippen LogP contribution in [-0.4, -0.2) is 16.4 Å². The summed E-state index contributed by atoms with van der Waals surface area (Å²) in [6.45, 7) is 1.91. The van der Waals surface area contributed by atoms with Crippen LogP contribution in [-0.2, 0) is 4.79 Å². The van der Waals surface area contributed by atoms with Crippen molar-refractivity contribution in [1.29, 1.82) is 0 Å². The van der Waals surface area contributed by atoms with E-state index in [9.17, 15) is 9.90 Å². The van der Waals surface area contributed by atoms with Gasteiger partial charge in [-0.1, -0.05) is 55.5 Å². The maximum absolute atomic E-state index is 12.9. The molecule has 0 saturated heterocycles.